The van der Waals surface area contributed by atoms with Crippen LogP contribution in [-0.2, 0) is 0 Å². The zero-order valence-electron chi connectivity index (χ0n) is 6.07. The molecule has 6 heteroatoms. The van der Waals surface area contributed by atoms with Crippen molar-refractivity contribution in [2.45, 2.75) is 0 Å². The smallest absolute Gasteiger partial charge is 0.254 e. The van der Waals surface area contributed by atoms with E-state index >= 15 is 0 Å². The molecular formula is C6H3BF3NO. The van der Waals surface area contributed by atoms with Gasteiger partial charge in [-0.1, -0.05) is 0 Å². The molecule has 0 amide bonds. The number of nitrogens with zero attached hydrogens (tertiary/aromatic N) is 1. The molecule has 0 bridgehead atoms. The summed E-state index contributed by atoms with van der Waals surface area (Å²) in [7, 11) is 1.14. The average molecular weight is 173 g/mol. The van der Waals surface area contributed by atoms with Gasteiger partial charge in [0.25, 0.3) is 0 Å². The number of carbonyl (C=O) groups excluding carboxylic acids is 1. The van der Waals surface area contributed by atoms with Crippen molar-refractivity contribution >= 4 is 19.5 Å². The summed E-state index contributed by atoms with van der Waals surface area (Å²) in [5, 5.41) is 0. The molecule has 0 spiro atoms. The summed E-state index contributed by atoms with van der Waals surface area (Å²) in [6, 6.07) is -1.46. The monoisotopic (exact) mass is 173 g/mol. The Balaban J connectivity index is 3.31. The summed E-state index contributed by atoms with van der Waals surface area (Å²) in [4.78, 5) is 13.2. The minimum Gasteiger partial charge on any atom is -0.254 e. The Bertz CT molecular complexity index is 319. The first-order valence-corrected chi connectivity index (χ1v) is 3.05. The molecule has 0 aliphatic heterocycles. The Morgan fingerprint density at radius 1 is 1.50 bits per heavy atom. The summed E-state index contributed by atoms with van der Waals surface area (Å²) in [5.74, 6) is -2.44. The van der Waals surface area contributed by atoms with Crippen LogP contribution < -0.4 is 5.59 Å². The van der Waals surface area contributed by atoms with E-state index in [9.17, 15) is 18.0 Å². The number of carbonyl (C=O) groups is 1. The Morgan fingerprint density at radius 3 is 2.50 bits per heavy atom. The summed E-state index contributed by atoms with van der Waals surface area (Å²) in [6.45, 7) is 0. The molecule has 0 fully saturated rings. The van der Waals surface area contributed by atoms with Gasteiger partial charge in [-0.3, -0.25) is 9.78 Å². The Morgan fingerprint density at radius 2 is 2.08 bits per heavy atom. The molecular weight excluding hydrogens is 170 g/mol. The molecule has 12 heavy (non-hydrogen) atoms. The largest absolute Gasteiger partial charge is 0.350 e. The fourth-order valence-electron chi connectivity index (χ4n) is 0.719. The Labute approximate surface area is 66.8 Å². The lowest BCUT2D eigenvalue weighted by atomic mass is 10.0. The molecule has 0 radical (unpaired) electrons. The van der Waals surface area contributed by atoms with E-state index in [1.54, 1.807) is 0 Å². The molecule has 1 rings (SSSR count). The van der Waals surface area contributed by atoms with Gasteiger partial charge in [0.1, 0.15) is 5.69 Å². The van der Waals surface area contributed by atoms with Crippen molar-refractivity contribution in [1.29, 1.82) is 0 Å². The number of aromatic nitrogens is 1. The van der Waals surface area contributed by atoms with Gasteiger partial charge in [0.15, 0.2) is 19.5 Å². The highest BCUT2D eigenvalue weighted by molar-refractivity contribution is 6.30. The summed E-state index contributed by atoms with van der Waals surface area (Å²) in [6.07, 6.45) is 0. The second-order valence-electron chi connectivity index (χ2n) is 2.16. The topological polar surface area (TPSA) is 30.0 Å². The van der Waals surface area contributed by atoms with Gasteiger partial charge in [0.05, 0.1) is 0 Å². The summed E-state index contributed by atoms with van der Waals surface area (Å²) >= 11 is 0. The molecule has 0 aliphatic rings. The average Bonchev–Trinajstić information content (AvgIpc) is 1.99. The Kier molecular flexibility index (Phi) is 2.17. The highest BCUT2D eigenvalue weighted by atomic mass is 19.2. The number of pyridine rings is 1. The van der Waals surface area contributed by atoms with Crippen molar-refractivity contribution in [3.8, 4) is 0 Å². The maximum absolute atomic E-state index is 12.5. The van der Waals surface area contributed by atoms with Gasteiger partial charge in [-0.25, -0.2) is 8.78 Å². The lowest BCUT2D eigenvalue weighted by molar-refractivity contribution is 0.0829. The number of halogens is 3. The standard InChI is InChI=1S/C6H3BF3NO/c7-5-4(9)2(8)1-3(11-5)6(10)12/h1H,7H2. The maximum Gasteiger partial charge on any atom is 0.350 e. The van der Waals surface area contributed by atoms with Crippen LogP contribution in [0.1, 0.15) is 10.5 Å². The third-order valence-corrected chi connectivity index (χ3v) is 1.28. The van der Waals surface area contributed by atoms with Crippen LogP contribution in [0.25, 0.3) is 0 Å². The fraction of sp³-hybridized carbons (Fsp3) is 0. The minimum absolute atomic E-state index is 0.337. The first-order valence-electron chi connectivity index (χ1n) is 3.05. The zero-order chi connectivity index (χ0) is 9.30. The molecule has 62 valence electrons. The van der Waals surface area contributed by atoms with Crippen LogP contribution in [0.4, 0.5) is 13.2 Å². The fourth-order valence-corrected chi connectivity index (χ4v) is 0.719. The highest BCUT2D eigenvalue weighted by Crippen LogP contribution is 2.04. The quantitative estimate of drug-likeness (QED) is 0.432. The van der Waals surface area contributed by atoms with Gasteiger partial charge in [-0.15, -0.1) is 0 Å². The van der Waals surface area contributed by atoms with E-state index in [-0.39, 0.29) is 5.59 Å². The maximum atomic E-state index is 12.5. The summed E-state index contributed by atoms with van der Waals surface area (Å²) < 4.78 is 36.9. The normalized spacial score (nSPS) is 9.92. The van der Waals surface area contributed by atoms with Crippen LogP contribution >= 0.6 is 0 Å². The van der Waals surface area contributed by atoms with Gasteiger partial charge < -0.3 is 0 Å². The molecule has 2 nitrogen and oxygen atoms in total. The lowest BCUT2D eigenvalue weighted by Gasteiger charge is -1.98. The zero-order valence-corrected chi connectivity index (χ0v) is 6.07. The van der Waals surface area contributed by atoms with E-state index in [4.69, 9.17) is 0 Å². The van der Waals surface area contributed by atoms with E-state index in [1.807, 2.05) is 0 Å². The van der Waals surface area contributed by atoms with Crippen molar-refractivity contribution in [3.05, 3.63) is 23.4 Å². The molecule has 0 saturated heterocycles. The second kappa shape index (κ2) is 2.96. The lowest BCUT2D eigenvalue weighted by Crippen LogP contribution is -2.18. The van der Waals surface area contributed by atoms with E-state index in [1.165, 1.54) is 0 Å². The van der Waals surface area contributed by atoms with Crippen molar-refractivity contribution < 1.29 is 18.0 Å². The number of rotatable bonds is 1. The van der Waals surface area contributed by atoms with E-state index in [0.717, 1.165) is 7.85 Å². The van der Waals surface area contributed by atoms with Crippen LogP contribution in [0, 0.1) is 11.6 Å². The molecule has 0 N–H and O–H groups in total. The Hall–Kier alpha value is -1.33. The van der Waals surface area contributed by atoms with Gasteiger partial charge in [0.2, 0.25) is 0 Å². The van der Waals surface area contributed by atoms with Crippen LogP contribution in [0.5, 0.6) is 0 Å². The first-order chi connectivity index (χ1) is 5.52. The van der Waals surface area contributed by atoms with Crippen molar-refractivity contribution in [2.75, 3.05) is 0 Å². The van der Waals surface area contributed by atoms with Crippen LogP contribution in [0.15, 0.2) is 6.07 Å². The molecule has 1 aromatic heterocycles. The van der Waals surface area contributed by atoms with Gasteiger partial charge >= 0.3 is 6.04 Å². The van der Waals surface area contributed by atoms with Crippen molar-refractivity contribution in [1.82, 2.24) is 4.98 Å². The summed E-state index contributed by atoms with van der Waals surface area (Å²) in [5.41, 5.74) is -1.05. The SMILES string of the molecule is Bc1nc(C(=O)F)cc(F)c1F. The molecule has 0 aromatic carbocycles. The predicted molar refractivity (Wildman–Crippen MR) is 37.8 cm³/mol. The number of hydrogen-bond acceptors (Lipinski definition) is 2. The molecule has 0 atom stereocenters. The van der Waals surface area contributed by atoms with Crippen molar-refractivity contribution in [3.63, 3.8) is 0 Å². The van der Waals surface area contributed by atoms with Gasteiger partial charge in [0, 0.05) is 11.7 Å². The molecule has 0 unspecified atom stereocenters. The van der Waals surface area contributed by atoms with E-state index in [0.29, 0.717) is 6.07 Å². The van der Waals surface area contributed by atoms with Crippen LogP contribution in [0.2, 0.25) is 0 Å². The molecule has 0 saturated carbocycles. The van der Waals surface area contributed by atoms with E-state index < -0.39 is 23.4 Å². The third kappa shape index (κ3) is 1.47. The minimum atomic E-state index is -1.88. The third-order valence-electron chi connectivity index (χ3n) is 1.28. The van der Waals surface area contributed by atoms with Crippen LogP contribution in [-0.4, -0.2) is 18.9 Å². The predicted octanol–water partition coefficient (Wildman–Crippen LogP) is -0.272. The highest BCUT2D eigenvalue weighted by Gasteiger charge is 2.13. The van der Waals surface area contributed by atoms with Gasteiger partial charge in [-0.05, 0) is 0 Å². The molecule has 1 heterocycles. The number of hydrogen-bond donors (Lipinski definition) is 0. The second-order valence-corrected chi connectivity index (χ2v) is 2.16. The van der Waals surface area contributed by atoms with Crippen LogP contribution in [0.3, 0.4) is 0 Å². The van der Waals surface area contributed by atoms with E-state index in [2.05, 4.69) is 4.98 Å². The first kappa shape index (κ1) is 8.77. The van der Waals surface area contributed by atoms with Crippen molar-refractivity contribution in [2.24, 2.45) is 0 Å². The molecule has 1 aromatic rings. The molecule has 0 aliphatic carbocycles. The van der Waals surface area contributed by atoms with Gasteiger partial charge in [-0.2, -0.15) is 4.39 Å².